The summed E-state index contributed by atoms with van der Waals surface area (Å²) < 4.78 is 5.64. The molecule has 0 saturated heterocycles. The van der Waals surface area contributed by atoms with Crippen molar-refractivity contribution in [2.24, 2.45) is 5.73 Å². The quantitative estimate of drug-likeness (QED) is 0.771. The Morgan fingerprint density at radius 1 is 1.20 bits per heavy atom. The Hall–Kier alpha value is -1.61. The first kappa shape index (κ1) is 9.93. The second kappa shape index (κ2) is 4.75. The van der Waals surface area contributed by atoms with Crippen molar-refractivity contribution in [2.75, 3.05) is 13.2 Å². The van der Waals surface area contributed by atoms with Gasteiger partial charge in [-0.25, -0.2) is 0 Å². The molecule has 0 aliphatic carbocycles. The van der Waals surface area contributed by atoms with E-state index in [1.165, 1.54) is 0 Å². The van der Waals surface area contributed by atoms with Gasteiger partial charge in [0, 0.05) is 11.6 Å². The van der Waals surface area contributed by atoms with Crippen LogP contribution in [0.3, 0.4) is 0 Å². The number of aromatic nitrogens is 1. The van der Waals surface area contributed by atoms with Crippen LogP contribution in [0, 0.1) is 0 Å². The summed E-state index contributed by atoms with van der Waals surface area (Å²) in [7, 11) is 0. The molecule has 1 heterocycles. The number of fused-ring (bicyclic) bond motifs is 1. The van der Waals surface area contributed by atoms with Crippen LogP contribution < -0.4 is 10.5 Å². The Morgan fingerprint density at radius 3 is 2.93 bits per heavy atom. The van der Waals surface area contributed by atoms with Gasteiger partial charge in [0.25, 0.3) is 0 Å². The maximum absolute atomic E-state index is 5.64. The predicted molar refractivity (Wildman–Crippen MR) is 60.9 cm³/mol. The van der Waals surface area contributed by atoms with Crippen LogP contribution in [0.25, 0.3) is 10.9 Å². The third-order valence-corrected chi connectivity index (χ3v) is 2.22. The summed E-state index contributed by atoms with van der Waals surface area (Å²) in [6, 6.07) is 9.84. The van der Waals surface area contributed by atoms with E-state index in [-0.39, 0.29) is 0 Å². The molecule has 0 spiro atoms. The third kappa shape index (κ3) is 2.25. The van der Waals surface area contributed by atoms with E-state index in [9.17, 15) is 0 Å². The summed E-state index contributed by atoms with van der Waals surface area (Å²) in [4.78, 5) is 4.27. The van der Waals surface area contributed by atoms with E-state index in [0.29, 0.717) is 13.2 Å². The van der Waals surface area contributed by atoms with Crippen molar-refractivity contribution in [2.45, 2.75) is 6.42 Å². The van der Waals surface area contributed by atoms with E-state index in [4.69, 9.17) is 10.5 Å². The fraction of sp³-hybridized carbons (Fsp3) is 0.250. The lowest BCUT2D eigenvalue weighted by Crippen LogP contribution is -2.06. The van der Waals surface area contributed by atoms with E-state index >= 15 is 0 Å². The number of pyridine rings is 1. The van der Waals surface area contributed by atoms with Gasteiger partial charge >= 0.3 is 0 Å². The zero-order chi connectivity index (χ0) is 10.5. The van der Waals surface area contributed by atoms with Gasteiger partial charge in [-0.1, -0.05) is 12.1 Å². The van der Waals surface area contributed by atoms with Crippen molar-refractivity contribution in [3.05, 3.63) is 36.5 Å². The zero-order valence-electron chi connectivity index (χ0n) is 8.52. The van der Waals surface area contributed by atoms with Crippen molar-refractivity contribution in [1.29, 1.82) is 0 Å². The molecule has 3 nitrogen and oxygen atoms in total. The molecule has 2 aromatic rings. The maximum Gasteiger partial charge on any atom is 0.130 e. The lowest BCUT2D eigenvalue weighted by atomic mass is 10.2. The number of hydrogen-bond acceptors (Lipinski definition) is 3. The van der Waals surface area contributed by atoms with Crippen LogP contribution >= 0.6 is 0 Å². The monoisotopic (exact) mass is 202 g/mol. The second-order valence-electron chi connectivity index (χ2n) is 3.32. The largest absolute Gasteiger partial charge is 0.493 e. The zero-order valence-corrected chi connectivity index (χ0v) is 8.52. The van der Waals surface area contributed by atoms with Gasteiger partial charge in [-0.2, -0.15) is 0 Å². The van der Waals surface area contributed by atoms with Gasteiger partial charge < -0.3 is 10.5 Å². The van der Waals surface area contributed by atoms with E-state index in [2.05, 4.69) is 4.98 Å². The van der Waals surface area contributed by atoms with Crippen molar-refractivity contribution in [3.8, 4) is 5.75 Å². The van der Waals surface area contributed by atoms with Crippen LogP contribution in [0.5, 0.6) is 5.75 Å². The second-order valence-corrected chi connectivity index (χ2v) is 3.32. The van der Waals surface area contributed by atoms with Crippen LogP contribution in [0.4, 0.5) is 0 Å². The molecule has 3 heteroatoms. The van der Waals surface area contributed by atoms with Crippen molar-refractivity contribution < 1.29 is 4.74 Å². The van der Waals surface area contributed by atoms with Crippen LogP contribution in [0.1, 0.15) is 6.42 Å². The minimum absolute atomic E-state index is 0.656. The maximum atomic E-state index is 5.64. The third-order valence-electron chi connectivity index (χ3n) is 2.22. The molecule has 15 heavy (non-hydrogen) atoms. The van der Waals surface area contributed by atoms with E-state index in [0.717, 1.165) is 23.1 Å². The highest BCUT2D eigenvalue weighted by Gasteiger charge is 2.00. The number of benzene rings is 1. The minimum atomic E-state index is 0.656. The standard InChI is InChI=1S/C12H14N2O/c13-7-3-9-15-12-6-8-14-11-5-2-1-4-10(11)12/h1-2,4-6,8H,3,7,9,13H2. The first-order chi connectivity index (χ1) is 7.42. The summed E-state index contributed by atoms with van der Waals surface area (Å²) in [6.07, 6.45) is 2.64. The van der Waals surface area contributed by atoms with Crippen molar-refractivity contribution in [3.63, 3.8) is 0 Å². The molecular formula is C12H14N2O. The fourth-order valence-electron chi connectivity index (χ4n) is 1.46. The lowest BCUT2D eigenvalue weighted by molar-refractivity contribution is 0.317. The Labute approximate surface area is 88.9 Å². The average Bonchev–Trinajstić information content (AvgIpc) is 2.30. The number of ether oxygens (including phenoxy) is 1. The first-order valence-electron chi connectivity index (χ1n) is 5.08. The predicted octanol–water partition coefficient (Wildman–Crippen LogP) is 1.96. The van der Waals surface area contributed by atoms with Crippen LogP contribution in [0.15, 0.2) is 36.5 Å². The lowest BCUT2D eigenvalue weighted by Gasteiger charge is -2.07. The highest BCUT2D eigenvalue weighted by Crippen LogP contribution is 2.23. The molecule has 0 amide bonds. The molecule has 0 aliphatic rings. The number of para-hydroxylation sites is 1. The average molecular weight is 202 g/mol. The molecule has 0 bridgehead atoms. The number of nitrogens with zero attached hydrogens (tertiary/aromatic N) is 1. The molecule has 0 unspecified atom stereocenters. The molecular weight excluding hydrogens is 188 g/mol. The molecule has 78 valence electrons. The van der Waals surface area contributed by atoms with Crippen LogP contribution in [0.2, 0.25) is 0 Å². The van der Waals surface area contributed by atoms with Crippen molar-refractivity contribution in [1.82, 2.24) is 4.98 Å². The first-order valence-corrected chi connectivity index (χ1v) is 5.08. The van der Waals surface area contributed by atoms with E-state index in [1.807, 2.05) is 30.3 Å². The topological polar surface area (TPSA) is 48.1 Å². The normalized spacial score (nSPS) is 10.5. The molecule has 0 saturated carbocycles. The van der Waals surface area contributed by atoms with Gasteiger partial charge in [0.05, 0.1) is 12.1 Å². The molecule has 1 aromatic carbocycles. The smallest absolute Gasteiger partial charge is 0.130 e. The summed E-state index contributed by atoms with van der Waals surface area (Å²) in [5.41, 5.74) is 6.37. The molecule has 0 aliphatic heterocycles. The van der Waals surface area contributed by atoms with Crippen LogP contribution in [-0.4, -0.2) is 18.1 Å². The van der Waals surface area contributed by atoms with E-state index in [1.54, 1.807) is 6.20 Å². The summed E-state index contributed by atoms with van der Waals surface area (Å²) in [6.45, 7) is 1.31. The number of hydrogen-bond donors (Lipinski definition) is 1. The van der Waals surface area contributed by atoms with Gasteiger partial charge in [-0.05, 0) is 31.2 Å². The van der Waals surface area contributed by atoms with Gasteiger partial charge in [0.2, 0.25) is 0 Å². The van der Waals surface area contributed by atoms with E-state index < -0.39 is 0 Å². The Morgan fingerprint density at radius 2 is 2.07 bits per heavy atom. The minimum Gasteiger partial charge on any atom is -0.493 e. The highest BCUT2D eigenvalue weighted by atomic mass is 16.5. The number of rotatable bonds is 4. The Bertz CT molecular complexity index is 437. The molecule has 0 radical (unpaired) electrons. The molecule has 0 atom stereocenters. The van der Waals surface area contributed by atoms with Gasteiger partial charge in [-0.3, -0.25) is 4.98 Å². The van der Waals surface area contributed by atoms with Gasteiger partial charge in [0.1, 0.15) is 5.75 Å². The summed E-state index contributed by atoms with van der Waals surface area (Å²) >= 11 is 0. The highest BCUT2D eigenvalue weighted by molar-refractivity contribution is 5.84. The molecule has 2 N–H and O–H groups in total. The van der Waals surface area contributed by atoms with Crippen molar-refractivity contribution >= 4 is 10.9 Å². The number of nitrogens with two attached hydrogens (primary N) is 1. The SMILES string of the molecule is NCCCOc1ccnc2ccccc12. The summed E-state index contributed by atoms with van der Waals surface area (Å²) in [5, 5.41) is 1.05. The molecule has 0 fully saturated rings. The summed E-state index contributed by atoms with van der Waals surface area (Å²) in [5.74, 6) is 0.883. The Balaban J connectivity index is 2.26. The fourth-order valence-corrected chi connectivity index (χ4v) is 1.46. The van der Waals surface area contributed by atoms with Crippen LogP contribution in [-0.2, 0) is 0 Å². The molecule has 2 rings (SSSR count). The van der Waals surface area contributed by atoms with Gasteiger partial charge in [0.15, 0.2) is 0 Å². The Kier molecular flexibility index (Phi) is 3.15. The van der Waals surface area contributed by atoms with Gasteiger partial charge in [-0.15, -0.1) is 0 Å². The molecule has 1 aromatic heterocycles.